The van der Waals surface area contributed by atoms with Crippen LogP contribution in [0.15, 0.2) is 0 Å². The molecule has 16 heavy (non-hydrogen) atoms. The van der Waals surface area contributed by atoms with Crippen molar-refractivity contribution >= 4 is 11.8 Å². The fourth-order valence-corrected chi connectivity index (χ4v) is 2.27. The van der Waals surface area contributed by atoms with Crippen molar-refractivity contribution in [3.8, 4) is 0 Å². The first-order valence-corrected chi connectivity index (χ1v) is 5.96. The average Bonchev–Trinajstić information content (AvgIpc) is 2.26. The van der Waals surface area contributed by atoms with Crippen LogP contribution in [0.3, 0.4) is 0 Å². The number of hydrogen-bond acceptors (Lipinski definition) is 2. The molecule has 0 aromatic heterocycles. The first-order chi connectivity index (χ1) is 7.50. The van der Waals surface area contributed by atoms with Gasteiger partial charge in [0.15, 0.2) is 0 Å². The molecule has 0 radical (unpaired) electrons. The van der Waals surface area contributed by atoms with Crippen LogP contribution in [0.4, 0.5) is 0 Å². The first-order valence-electron chi connectivity index (χ1n) is 5.96. The van der Waals surface area contributed by atoms with Gasteiger partial charge in [-0.2, -0.15) is 0 Å². The number of nitrogens with zero attached hydrogens (tertiary/aromatic N) is 1. The lowest BCUT2D eigenvalue weighted by atomic mass is 9.81. The van der Waals surface area contributed by atoms with Crippen molar-refractivity contribution in [2.24, 2.45) is 11.8 Å². The summed E-state index contributed by atoms with van der Waals surface area (Å²) in [7, 11) is 3.62. The molecular formula is C12H22N2O2. The molecule has 0 aromatic carbocycles. The monoisotopic (exact) mass is 226 g/mol. The molecule has 1 rings (SSSR count). The van der Waals surface area contributed by atoms with Crippen LogP contribution in [0.2, 0.25) is 0 Å². The number of nitrogens with one attached hydrogen (secondary N) is 1. The fraction of sp³-hybridized carbons (Fsp3) is 0.833. The second-order valence-corrected chi connectivity index (χ2v) is 4.89. The van der Waals surface area contributed by atoms with Gasteiger partial charge in [-0.15, -0.1) is 0 Å². The number of hydrogen-bond donors (Lipinski definition) is 1. The zero-order chi connectivity index (χ0) is 12.1. The van der Waals surface area contributed by atoms with E-state index >= 15 is 0 Å². The lowest BCUT2D eigenvalue weighted by Gasteiger charge is -2.29. The summed E-state index contributed by atoms with van der Waals surface area (Å²) in [5.74, 6) is 1.03. The first kappa shape index (κ1) is 13.0. The van der Waals surface area contributed by atoms with Gasteiger partial charge in [0, 0.05) is 33.5 Å². The van der Waals surface area contributed by atoms with Crippen molar-refractivity contribution in [1.82, 2.24) is 10.2 Å². The summed E-state index contributed by atoms with van der Waals surface area (Å²) in [4.78, 5) is 24.2. The molecule has 1 fully saturated rings. The van der Waals surface area contributed by atoms with Crippen LogP contribution in [0.1, 0.15) is 32.6 Å². The molecule has 1 saturated carbocycles. The lowest BCUT2D eigenvalue weighted by molar-refractivity contribution is -0.134. The van der Waals surface area contributed by atoms with Gasteiger partial charge in [0.2, 0.25) is 11.8 Å². The summed E-state index contributed by atoms with van der Waals surface area (Å²) in [6.07, 6.45) is 4.01. The van der Waals surface area contributed by atoms with Gasteiger partial charge in [-0.05, 0) is 31.6 Å². The van der Waals surface area contributed by atoms with Crippen molar-refractivity contribution in [3.05, 3.63) is 0 Å². The number of rotatable bonds is 3. The minimum Gasteiger partial charge on any atom is -0.356 e. The van der Waals surface area contributed by atoms with Crippen molar-refractivity contribution in [3.63, 3.8) is 0 Å². The van der Waals surface area contributed by atoms with Crippen molar-refractivity contribution in [2.45, 2.75) is 32.6 Å². The third-order valence-electron chi connectivity index (χ3n) is 3.28. The number of carbonyl (C=O) groups is 2. The summed E-state index contributed by atoms with van der Waals surface area (Å²) in [5.41, 5.74) is 0. The summed E-state index contributed by atoms with van der Waals surface area (Å²) >= 11 is 0. The van der Waals surface area contributed by atoms with Gasteiger partial charge in [0.1, 0.15) is 0 Å². The Balaban J connectivity index is 2.28. The molecule has 2 amide bonds. The third kappa shape index (κ3) is 3.83. The maximum Gasteiger partial charge on any atom is 0.225 e. The van der Waals surface area contributed by atoms with E-state index in [0.29, 0.717) is 5.92 Å². The van der Waals surface area contributed by atoms with E-state index in [1.807, 2.05) is 14.1 Å². The SMILES string of the molecule is CC(=O)NCC1CCC(C(=O)N(C)C)CC1. The Hall–Kier alpha value is -1.06. The van der Waals surface area contributed by atoms with E-state index in [-0.39, 0.29) is 17.7 Å². The zero-order valence-corrected chi connectivity index (χ0v) is 10.5. The molecule has 0 aliphatic heterocycles. The lowest BCUT2D eigenvalue weighted by Crippen LogP contribution is -2.35. The summed E-state index contributed by atoms with van der Waals surface area (Å²) < 4.78 is 0. The highest BCUT2D eigenvalue weighted by Gasteiger charge is 2.26. The van der Waals surface area contributed by atoms with Gasteiger partial charge in [-0.3, -0.25) is 9.59 Å². The molecule has 0 atom stereocenters. The fourth-order valence-electron chi connectivity index (χ4n) is 2.27. The quantitative estimate of drug-likeness (QED) is 0.781. The summed E-state index contributed by atoms with van der Waals surface area (Å²) in [6.45, 7) is 2.30. The molecule has 1 N–H and O–H groups in total. The predicted octanol–water partition coefficient (Wildman–Crippen LogP) is 1.02. The third-order valence-corrected chi connectivity index (χ3v) is 3.28. The predicted molar refractivity (Wildman–Crippen MR) is 62.8 cm³/mol. The van der Waals surface area contributed by atoms with Crippen molar-refractivity contribution < 1.29 is 9.59 Å². The van der Waals surface area contributed by atoms with Crippen molar-refractivity contribution in [1.29, 1.82) is 0 Å². The Morgan fingerprint density at radius 1 is 1.19 bits per heavy atom. The van der Waals surface area contributed by atoms with Crippen LogP contribution in [-0.4, -0.2) is 37.4 Å². The average molecular weight is 226 g/mol. The highest BCUT2D eigenvalue weighted by molar-refractivity contribution is 5.78. The van der Waals surface area contributed by atoms with E-state index in [9.17, 15) is 9.59 Å². The van der Waals surface area contributed by atoms with Crippen LogP contribution in [-0.2, 0) is 9.59 Å². The van der Waals surface area contributed by atoms with Crippen LogP contribution in [0.5, 0.6) is 0 Å². The second-order valence-electron chi connectivity index (χ2n) is 4.89. The molecule has 1 aliphatic carbocycles. The molecule has 0 spiro atoms. The standard InChI is InChI=1S/C12H22N2O2/c1-9(15)13-8-10-4-6-11(7-5-10)12(16)14(2)3/h10-11H,4-8H2,1-3H3,(H,13,15). The van der Waals surface area contributed by atoms with Gasteiger partial charge in [-0.1, -0.05) is 0 Å². The molecule has 4 heteroatoms. The molecule has 0 heterocycles. The Labute approximate surface area is 97.4 Å². The largest absolute Gasteiger partial charge is 0.356 e. The Morgan fingerprint density at radius 2 is 1.75 bits per heavy atom. The molecular weight excluding hydrogens is 204 g/mol. The van der Waals surface area contributed by atoms with Gasteiger partial charge in [-0.25, -0.2) is 0 Å². The topological polar surface area (TPSA) is 49.4 Å². The van der Waals surface area contributed by atoms with Gasteiger partial charge >= 0.3 is 0 Å². The van der Waals surface area contributed by atoms with E-state index in [1.165, 1.54) is 0 Å². The van der Waals surface area contributed by atoms with Crippen LogP contribution < -0.4 is 5.32 Å². The van der Waals surface area contributed by atoms with E-state index in [1.54, 1.807) is 11.8 Å². The van der Waals surface area contributed by atoms with Gasteiger partial charge < -0.3 is 10.2 Å². The minimum atomic E-state index is 0.0338. The highest BCUT2D eigenvalue weighted by Crippen LogP contribution is 2.29. The highest BCUT2D eigenvalue weighted by atomic mass is 16.2. The minimum absolute atomic E-state index is 0.0338. The molecule has 4 nitrogen and oxygen atoms in total. The molecule has 0 aromatic rings. The summed E-state index contributed by atoms with van der Waals surface area (Å²) in [5, 5.41) is 2.85. The maximum absolute atomic E-state index is 11.7. The second kappa shape index (κ2) is 5.87. The zero-order valence-electron chi connectivity index (χ0n) is 10.5. The molecule has 0 unspecified atom stereocenters. The Morgan fingerprint density at radius 3 is 2.19 bits per heavy atom. The Bertz CT molecular complexity index is 256. The van der Waals surface area contributed by atoms with E-state index in [4.69, 9.17) is 0 Å². The molecule has 1 aliphatic rings. The number of carbonyl (C=O) groups excluding carboxylic acids is 2. The number of amides is 2. The van der Waals surface area contributed by atoms with E-state index < -0.39 is 0 Å². The Kier molecular flexibility index (Phi) is 4.77. The molecule has 0 bridgehead atoms. The van der Waals surface area contributed by atoms with E-state index in [2.05, 4.69) is 5.32 Å². The van der Waals surface area contributed by atoms with Gasteiger partial charge in [0.05, 0.1) is 0 Å². The van der Waals surface area contributed by atoms with Crippen molar-refractivity contribution in [2.75, 3.05) is 20.6 Å². The van der Waals surface area contributed by atoms with Crippen LogP contribution in [0, 0.1) is 11.8 Å². The van der Waals surface area contributed by atoms with Crippen LogP contribution in [0.25, 0.3) is 0 Å². The van der Waals surface area contributed by atoms with E-state index in [0.717, 1.165) is 32.2 Å². The van der Waals surface area contributed by atoms with Crippen LogP contribution >= 0.6 is 0 Å². The summed E-state index contributed by atoms with van der Waals surface area (Å²) in [6, 6.07) is 0. The molecule has 0 saturated heterocycles. The maximum atomic E-state index is 11.7. The molecule has 92 valence electrons. The smallest absolute Gasteiger partial charge is 0.225 e. The normalized spacial score (nSPS) is 24.9. The van der Waals surface area contributed by atoms with Gasteiger partial charge in [0.25, 0.3) is 0 Å².